The number of nitrogens with zero attached hydrogens (tertiary/aromatic N) is 1. The Labute approximate surface area is 79.8 Å². The fraction of sp³-hybridized carbons (Fsp3) is 0.300. The molecular formula is C10H8F3N. The van der Waals surface area contributed by atoms with Gasteiger partial charge in [0.05, 0.1) is 5.56 Å². The Balaban J connectivity index is 3.57. The molecule has 0 atom stereocenters. The van der Waals surface area contributed by atoms with E-state index in [2.05, 4.69) is 0 Å². The van der Waals surface area contributed by atoms with Crippen molar-refractivity contribution in [3.05, 3.63) is 34.6 Å². The van der Waals surface area contributed by atoms with Gasteiger partial charge >= 0.3 is 0 Å². The lowest BCUT2D eigenvalue weighted by Crippen LogP contribution is -2.03. The molecule has 1 aromatic rings. The van der Waals surface area contributed by atoms with E-state index in [9.17, 15) is 13.2 Å². The van der Waals surface area contributed by atoms with Crippen LogP contribution in [0.4, 0.5) is 13.2 Å². The third kappa shape index (κ3) is 1.58. The fourth-order valence-electron chi connectivity index (χ4n) is 1.28. The van der Waals surface area contributed by atoms with Gasteiger partial charge in [-0.2, -0.15) is 5.26 Å². The molecule has 0 unspecified atom stereocenters. The number of nitriles is 1. The van der Waals surface area contributed by atoms with E-state index >= 15 is 0 Å². The van der Waals surface area contributed by atoms with Gasteiger partial charge in [0.2, 0.25) is 0 Å². The van der Waals surface area contributed by atoms with Crippen LogP contribution in [0.3, 0.4) is 0 Å². The van der Waals surface area contributed by atoms with Crippen LogP contribution in [0.15, 0.2) is 6.07 Å². The number of hydrogen-bond donors (Lipinski definition) is 0. The average Bonchev–Trinajstić information content (AvgIpc) is 2.09. The van der Waals surface area contributed by atoms with Gasteiger partial charge in [-0.3, -0.25) is 0 Å². The van der Waals surface area contributed by atoms with Gasteiger partial charge in [0.15, 0.2) is 11.6 Å². The molecule has 4 heteroatoms. The molecule has 1 aromatic carbocycles. The summed E-state index contributed by atoms with van der Waals surface area (Å²) in [5, 5.41) is 8.57. The van der Waals surface area contributed by atoms with Gasteiger partial charge in [0.25, 0.3) is 0 Å². The molecule has 1 rings (SSSR count). The van der Waals surface area contributed by atoms with Crippen molar-refractivity contribution in [2.45, 2.75) is 19.8 Å². The van der Waals surface area contributed by atoms with Crippen molar-refractivity contribution in [1.29, 1.82) is 5.26 Å². The smallest absolute Gasteiger partial charge is 0.177 e. The molecule has 0 spiro atoms. The van der Waals surface area contributed by atoms with E-state index in [4.69, 9.17) is 5.26 Å². The summed E-state index contributed by atoms with van der Waals surface area (Å²) in [6.07, 6.45) is 0. The standard InChI is InChI=1S/C10H8F3N/c1-5(2)9-6(4-14)10(13)8(12)3-7(9)11/h3,5H,1-2H3. The monoisotopic (exact) mass is 199 g/mol. The van der Waals surface area contributed by atoms with Gasteiger partial charge in [0, 0.05) is 11.6 Å². The van der Waals surface area contributed by atoms with Gasteiger partial charge in [0.1, 0.15) is 11.9 Å². The molecule has 0 aliphatic carbocycles. The molecule has 0 N–H and O–H groups in total. The predicted molar refractivity (Wildman–Crippen MR) is 45.1 cm³/mol. The Morgan fingerprint density at radius 3 is 2.21 bits per heavy atom. The van der Waals surface area contributed by atoms with Crippen molar-refractivity contribution in [3.8, 4) is 6.07 Å². The van der Waals surface area contributed by atoms with Crippen LogP contribution in [0.5, 0.6) is 0 Å². The van der Waals surface area contributed by atoms with E-state index in [1.54, 1.807) is 13.8 Å². The first-order valence-electron chi connectivity index (χ1n) is 4.06. The molecule has 0 bridgehead atoms. The number of rotatable bonds is 1. The normalized spacial score (nSPS) is 10.4. The molecule has 74 valence electrons. The largest absolute Gasteiger partial charge is 0.207 e. The van der Waals surface area contributed by atoms with Gasteiger partial charge < -0.3 is 0 Å². The molecule has 0 fully saturated rings. The number of benzene rings is 1. The van der Waals surface area contributed by atoms with Gasteiger partial charge in [-0.1, -0.05) is 13.8 Å². The maximum absolute atomic E-state index is 13.2. The molecule has 0 radical (unpaired) electrons. The lowest BCUT2D eigenvalue weighted by Gasteiger charge is -2.10. The van der Waals surface area contributed by atoms with Crippen molar-refractivity contribution < 1.29 is 13.2 Å². The predicted octanol–water partition coefficient (Wildman–Crippen LogP) is 3.10. The first-order valence-corrected chi connectivity index (χ1v) is 4.06. The van der Waals surface area contributed by atoms with Crippen LogP contribution in [0.2, 0.25) is 0 Å². The van der Waals surface area contributed by atoms with Crippen LogP contribution in [0.1, 0.15) is 30.9 Å². The molecule has 0 aromatic heterocycles. The van der Waals surface area contributed by atoms with Gasteiger partial charge in [-0.15, -0.1) is 0 Å². The molecule has 0 aliphatic heterocycles. The third-order valence-electron chi connectivity index (χ3n) is 1.90. The second kappa shape index (κ2) is 3.70. The molecule has 0 saturated heterocycles. The highest BCUT2D eigenvalue weighted by atomic mass is 19.2. The van der Waals surface area contributed by atoms with Crippen LogP contribution < -0.4 is 0 Å². The molecule has 0 aliphatic rings. The summed E-state index contributed by atoms with van der Waals surface area (Å²) in [5.41, 5.74) is -0.621. The van der Waals surface area contributed by atoms with Gasteiger partial charge in [-0.05, 0) is 5.92 Å². The van der Waals surface area contributed by atoms with Crippen molar-refractivity contribution in [3.63, 3.8) is 0 Å². The van der Waals surface area contributed by atoms with Gasteiger partial charge in [-0.25, -0.2) is 13.2 Å². The Morgan fingerprint density at radius 1 is 1.21 bits per heavy atom. The maximum Gasteiger partial charge on any atom is 0.177 e. The SMILES string of the molecule is CC(C)c1c(F)cc(F)c(F)c1C#N. The van der Waals surface area contributed by atoms with E-state index < -0.39 is 23.0 Å². The van der Waals surface area contributed by atoms with Crippen LogP contribution >= 0.6 is 0 Å². The Kier molecular flexibility index (Phi) is 2.80. The highest BCUT2D eigenvalue weighted by Gasteiger charge is 2.20. The summed E-state index contributed by atoms with van der Waals surface area (Å²) in [6, 6.07) is 1.94. The molecule has 0 saturated carbocycles. The summed E-state index contributed by atoms with van der Waals surface area (Å²) in [4.78, 5) is 0. The second-order valence-electron chi connectivity index (χ2n) is 3.21. The Morgan fingerprint density at radius 2 is 1.79 bits per heavy atom. The van der Waals surface area contributed by atoms with E-state index in [-0.39, 0.29) is 11.5 Å². The molecule has 0 heterocycles. The lowest BCUT2D eigenvalue weighted by atomic mass is 9.96. The lowest BCUT2D eigenvalue weighted by molar-refractivity contribution is 0.484. The summed E-state index contributed by atoms with van der Waals surface area (Å²) in [5.74, 6) is -3.85. The van der Waals surface area contributed by atoms with Crippen LogP contribution in [-0.4, -0.2) is 0 Å². The average molecular weight is 199 g/mol. The van der Waals surface area contributed by atoms with E-state index in [1.165, 1.54) is 6.07 Å². The molecule has 14 heavy (non-hydrogen) atoms. The summed E-state index contributed by atoms with van der Waals surface area (Å²) in [7, 11) is 0. The number of hydrogen-bond acceptors (Lipinski definition) is 1. The van der Waals surface area contributed by atoms with E-state index in [1.807, 2.05) is 0 Å². The first kappa shape index (κ1) is 10.6. The second-order valence-corrected chi connectivity index (χ2v) is 3.21. The molecule has 0 amide bonds. The van der Waals surface area contributed by atoms with Crippen molar-refractivity contribution >= 4 is 0 Å². The highest BCUT2D eigenvalue weighted by molar-refractivity contribution is 5.42. The highest BCUT2D eigenvalue weighted by Crippen LogP contribution is 2.26. The quantitative estimate of drug-likeness (QED) is 0.637. The third-order valence-corrected chi connectivity index (χ3v) is 1.90. The number of halogens is 3. The molecular weight excluding hydrogens is 191 g/mol. The summed E-state index contributed by atoms with van der Waals surface area (Å²) >= 11 is 0. The Hall–Kier alpha value is -1.50. The summed E-state index contributed by atoms with van der Waals surface area (Å²) in [6.45, 7) is 3.22. The maximum atomic E-state index is 13.2. The van der Waals surface area contributed by atoms with Crippen LogP contribution in [0.25, 0.3) is 0 Å². The first-order chi connectivity index (χ1) is 6.49. The van der Waals surface area contributed by atoms with Crippen molar-refractivity contribution in [1.82, 2.24) is 0 Å². The van der Waals surface area contributed by atoms with E-state index in [0.717, 1.165) is 0 Å². The zero-order valence-corrected chi connectivity index (χ0v) is 7.74. The van der Waals surface area contributed by atoms with Crippen molar-refractivity contribution in [2.24, 2.45) is 0 Å². The topological polar surface area (TPSA) is 23.8 Å². The summed E-state index contributed by atoms with van der Waals surface area (Å²) < 4.78 is 38.9. The van der Waals surface area contributed by atoms with Crippen molar-refractivity contribution in [2.75, 3.05) is 0 Å². The minimum atomic E-state index is -1.33. The minimum absolute atomic E-state index is 0.0774. The minimum Gasteiger partial charge on any atom is -0.207 e. The Bertz CT molecular complexity index is 405. The fourth-order valence-corrected chi connectivity index (χ4v) is 1.28. The van der Waals surface area contributed by atoms with Crippen LogP contribution in [-0.2, 0) is 0 Å². The van der Waals surface area contributed by atoms with Crippen LogP contribution in [0, 0.1) is 28.8 Å². The zero-order valence-electron chi connectivity index (χ0n) is 7.74. The zero-order chi connectivity index (χ0) is 10.9. The van der Waals surface area contributed by atoms with E-state index in [0.29, 0.717) is 6.07 Å². The molecule has 1 nitrogen and oxygen atoms in total.